The van der Waals surface area contributed by atoms with Gasteiger partial charge in [0.05, 0.1) is 14.2 Å². The molecule has 1 aromatic rings. The predicted molar refractivity (Wildman–Crippen MR) is 74.2 cm³/mol. The van der Waals surface area contributed by atoms with Gasteiger partial charge >= 0.3 is 0 Å². The van der Waals surface area contributed by atoms with Gasteiger partial charge in [0.1, 0.15) is 0 Å². The van der Waals surface area contributed by atoms with Crippen LogP contribution in [-0.4, -0.2) is 38.8 Å². The second kappa shape index (κ2) is 6.61. The van der Waals surface area contributed by atoms with Gasteiger partial charge in [-0.1, -0.05) is 6.07 Å². The van der Waals surface area contributed by atoms with Crippen LogP contribution in [-0.2, 0) is 0 Å². The van der Waals surface area contributed by atoms with Crippen LogP contribution in [0.3, 0.4) is 0 Å². The van der Waals surface area contributed by atoms with Crippen LogP contribution in [0.25, 0.3) is 0 Å². The normalized spacial score (nSPS) is 12.9. The van der Waals surface area contributed by atoms with Crippen molar-refractivity contribution in [1.29, 1.82) is 0 Å². The highest BCUT2D eigenvalue weighted by atomic mass is 16.5. The summed E-state index contributed by atoms with van der Waals surface area (Å²) in [6, 6.07) is 6.58. The van der Waals surface area contributed by atoms with E-state index >= 15 is 0 Å². The zero-order chi connectivity index (χ0) is 13.7. The van der Waals surface area contributed by atoms with E-state index < -0.39 is 0 Å². The molecule has 4 nitrogen and oxygen atoms in total. The number of methoxy groups -OCH3 is 2. The van der Waals surface area contributed by atoms with Crippen LogP contribution >= 0.6 is 0 Å². The summed E-state index contributed by atoms with van der Waals surface area (Å²) in [6.45, 7) is 4.89. The third kappa shape index (κ3) is 3.15. The lowest BCUT2D eigenvalue weighted by molar-refractivity contribution is 0.200. The minimum atomic E-state index is 0.185. The van der Waals surface area contributed by atoms with Gasteiger partial charge in [-0.05, 0) is 38.6 Å². The van der Waals surface area contributed by atoms with Crippen molar-refractivity contribution in [3.63, 3.8) is 0 Å². The molecule has 18 heavy (non-hydrogen) atoms. The molecule has 1 unspecified atom stereocenters. The molecule has 0 bridgehead atoms. The second-order valence-corrected chi connectivity index (χ2v) is 4.63. The lowest BCUT2D eigenvalue weighted by Crippen LogP contribution is -2.35. The van der Waals surface area contributed by atoms with Crippen molar-refractivity contribution >= 4 is 0 Å². The van der Waals surface area contributed by atoms with Gasteiger partial charge in [-0.15, -0.1) is 0 Å². The van der Waals surface area contributed by atoms with E-state index in [-0.39, 0.29) is 6.04 Å². The minimum Gasteiger partial charge on any atom is -0.493 e. The number of hydrogen-bond acceptors (Lipinski definition) is 4. The van der Waals surface area contributed by atoms with E-state index in [4.69, 9.17) is 15.2 Å². The van der Waals surface area contributed by atoms with Gasteiger partial charge in [0.2, 0.25) is 0 Å². The molecule has 0 amide bonds. The molecule has 0 spiro atoms. The van der Waals surface area contributed by atoms with E-state index in [0.29, 0.717) is 12.6 Å². The number of benzene rings is 1. The average Bonchev–Trinajstić information content (AvgIpc) is 2.39. The Morgan fingerprint density at radius 3 is 2.22 bits per heavy atom. The van der Waals surface area contributed by atoms with Gasteiger partial charge in [0, 0.05) is 18.6 Å². The molecule has 1 atom stereocenters. The fourth-order valence-corrected chi connectivity index (χ4v) is 1.96. The van der Waals surface area contributed by atoms with E-state index in [2.05, 4.69) is 25.8 Å². The van der Waals surface area contributed by atoms with Crippen molar-refractivity contribution < 1.29 is 9.47 Å². The Bertz CT molecular complexity index is 380. The SMILES string of the molecule is COc1ccc(C(CN)N(C)C(C)C)cc1OC. The number of hydrogen-bond donors (Lipinski definition) is 1. The first-order chi connectivity index (χ1) is 8.54. The first kappa shape index (κ1) is 14.8. The molecule has 0 aromatic heterocycles. The molecule has 0 aliphatic rings. The largest absolute Gasteiger partial charge is 0.493 e. The Morgan fingerprint density at radius 2 is 1.78 bits per heavy atom. The number of nitrogens with zero attached hydrogens (tertiary/aromatic N) is 1. The number of rotatable bonds is 6. The van der Waals surface area contributed by atoms with E-state index in [0.717, 1.165) is 17.1 Å². The zero-order valence-corrected chi connectivity index (χ0v) is 11.9. The smallest absolute Gasteiger partial charge is 0.161 e. The Kier molecular flexibility index (Phi) is 5.44. The molecule has 0 saturated carbocycles. The molecular weight excluding hydrogens is 228 g/mol. The number of likely N-dealkylation sites (N-methyl/N-ethyl adjacent to an activating group) is 1. The molecule has 0 saturated heterocycles. The van der Waals surface area contributed by atoms with Gasteiger partial charge in [-0.25, -0.2) is 0 Å². The average molecular weight is 252 g/mol. The van der Waals surface area contributed by atoms with Crippen LogP contribution in [0.4, 0.5) is 0 Å². The van der Waals surface area contributed by atoms with Crippen LogP contribution in [0.1, 0.15) is 25.5 Å². The van der Waals surface area contributed by atoms with Crippen LogP contribution < -0.4 is 15.2 Å². The van der Waals surface area contributed by atoms with Crippen molar-refractivity contribution in [2.75, 3.05) is 27.8 Å². The highest BCUT2D eigenvalue weighted by Gasteiger charge is 2.19. The lowest BCUT2D eigenvalue weighted by Gasteiger charge is -2.31. The fourth-order valence-electron chi connectivity index (χ4n) is 1.96. The van der Waals surface area contributed by atoms with Crippen molar-refractivity contribution in [3.8, 4) is 11.5 Å². The Hall–Kier alpha value is -1.26. The Labute approximate surface area is 110 Å². The van der Waals surface area contributed by atoms with Gasteiger partial charge < -0.3 is 15.2 Å². The summed E-state index contributed by atoms with van der Waals surface area (Å²) >= 11 is 0. The second-order valence-electron chi connectivity index (χ2n) is 4.63. The first-order valence-corrected chi connectivity index (χ1v) is 6.19. The summed E-state index contributed by atoms with van der Waals surface area (Å²) in [5, 5.41) is 0. The third-order valence-corrected chi connectivity index (χ3v) is 3.32. The van der Waals surface area contributed by atoms with E-state index in [1.54, 1.807) is 14.2 Å². The highest BCUT2D eigenvalue weighted by Crippen LogP contribution is 2.31. The molecule has 0 heterocycles. The van der Waals surface area contributed by atoms with E-state index in [1.165, 1.54) is 0 Å². The molecule has 0 aliphatic heterocycles. The minimum absolute atomic E-state index is 0.185. The third-order valence-electron chi connectivity index (χ3n) is 3.32. The summed E-state index contributed by atoms with van der Waals surface area (Å²) < 4.78 is 10.6. The van der Waals surface area contributed by atoms with Crippen LogP contribution in [0.2, 0.25) is 0 Å². The summed E-state index contributed by atoms with van der Waals surface area (Å²) in [7, 11) is 5.36. The molecule has 102 valence electrons. The van der Waals surface area contributed by atoms with Crippen molar-refractivity contribution in [2.45, 2.75) is 25.9 Å². The van der Waals surface area contributed by atoms with E-state index in [1.807, 2.05) is 18.2 Å². The van der Waals surface area contributed by atoms with Crippen molar-refractivity contribution in [3.05, 3.63) is 23.8 Å². The molecule has 0 aliphatic carbocycles. The Balaban J connectivity index is 3.07. The molecule has 4 heteroatoms. The van der Waals surface area contributed by atoms with Crippen LogP contribution in [0.5, 0.6) is 11.5 Å². The van der Waals surface area contributed by atoms with Gasteiger partial charge in [0.15, 0.2) is 11.5 Å². The monoisotopic (exact) mass is 252 g/mol. The first-order valence-electron chi connectivity index (χ1n) is 6.19. The zero-order valence-electron chi connectivity index (χ0n) is 11.9. The van der Waals surface area contributed by atoms with Gasteiger partial charge in [-0.2, -0.15) is 0 Å². The number of nitrogens with two attached hydrogens (primary N) is 1. The predicted octanol–water partition coefficient (Wildman–Crippen LogP) is 2.04. The quantitative estimate of drug-likeness (QED) is 0.841. The van der Waals surface area contributed by atoms with E-state index in [9.17, 15) is 0 Å². The van der Waals surface area contributed by atoms with Gasteiger partial charge in [0.25, 0.3) is 0 Å². The summed E-state index contributed by atoms with van der Waals surface area (Å²) in [4.78, 5) is 2.25. The number of ether oxygens (including phenoxy) is 2. The summed E-state index contributed by atoms with van der Waals surface area (Å²) in [5.41, 5.74) is 7.04. The van der Waals surface area contributed by atoms with Crippen LogP contribution in [0, 0.1) is 0 Å². The summed E-state index contributed by atoms with van der Waals surface area (Å²) in [5.74, 6) is 1.48. The molecule has 2 N–H and O–H groups in total. The maximum Gasteiger partial charge on any atom is 0.161 e. The standard InChI is InChI=1S/C14H24N2O2/c1-10(2)16(3)12(9-15)11-6-7-13(17-4)14(8-11)18-5/h6-8,10,12H,9,15H2,1-5H3. The summed E-state index contributed by atoms with van der Waals surface area (Å²) in [6.07, 6.45) is 0. The maximum atomic E-state index is 5.89. The fraction of sp³-hybridized carbons (Fsp3) is 0.571. The van der Waals surface area contributed by atoms with Crippen molar-refractivity contribution in [1.82, 2.24) is 4.90 Å². The topological polar surface area (TPSA) is 47.7 Å². The molecule has 0 radical (unpaired) electrons. The molecule has 0 fully saturated rings. The highest BCUT2D eigenvalue weighted by molar-refractivity contribution is 5.43. The van der Waals surface area contributed by atoms with Crippen LogP contribution in [0.15, 0.2) is 18.2 Å². The lowest BCUT2D eigenvalue weighted by atomic mass is 10.0. The molecule has 1 rings (SSSR count). The van der Waals surface area contributed by atoms with Crippen molar-refractivity contribution in [2.24, 2.45) is 5.73 Å². The van der Waals surface area contributed by atoms with Gasteiger partial charge in [-0.3, -0.25) is 4.90 Å². The molecular formula is C14H24N2O2. The molecule has 1 aromatic carbocycles. The Morgan fingerprint density at radius 1 is 1.17 bits per heavy atom. The maximum absolute atomic E-state index is 5.89.